The molecule has 7 heteroatoms. The quantitative estimate of drug-likeness (QED) is 0.197. The number of hydrogen-bond donors (Lipinski definition) is 0. The zero-order valence-electron chi connectivity index (χ0n) is 16.1. The van der Waals surface area contributed by atoms with Gasteiger partial charge in [0.05, 0.1) is 0 Å². The van der Waals surface area contributed by atoms with E-state index in [0.29, 0.717) is 9.47 Å². The van der Waals surface area contributed by atoms with Crippen LogP contribution in [0, 0.1) is 35.6 Å². The van der Waals surface area contributed by atoms with E-state index in [0.717, 1.165) is 6.42 Å². The SMILES string of the molecule is CCc1ccc(C)cc1.Cc1ccc(C)cc1.[CH3-].[CH3-].[I][V]([I])[I].[I][V][I]. The summed E-state index contributed by atoms with van der Waals surface area (Å²) in [5.74, 6) is 0. The fraction of sp³-hybridized carbons (Fsp3) is 0.263. The summed E-state index contributed by atoms with van der Waals surface area (Å²) in [6, 6.07) is 17.1. The fourth-order valence-electron chi connectivity index (χ4n) is 1.46. The second-order valence-electron chi connectivity index (χ2n) is 4.75. The van der Waals surface area contributed by atoms with Gasteiger partial charge in [0.25, 0.3) is 0 Å². The predicted molar refractivity (Wildman–Crippen MR) is 159 cm³/mol. The van der Waals surface area contributed by atoms with Gasteiger partial charge in [0.15, 0.2) is 0 Å². The van der Waals surface area contributed by atoms with E-state index in [1.807, 2.05) is 0 Å². The van der Waals surface area contributed by atoms with Crippen molar-refractivity contribution >= 4 is 99.9 Å². The molecule has 0 spiro atoms. The van der Waals surface area contributed by atoms with Gasteiger partial charge in [-0.3, -0.25) is 0 Å². The van der Waals surface area contributed by atoms with Gasteiger partial charge in [0.1, 0.15) is 0 Å². The Morgan fingerprint density at radius 1 is 0.692 bits per heavy atom. The third-order valence-electron chi connectivity index (χ3n) is 2.75. The normalized spacial score (nSPS) is 8.08. The van der Waals surface area contributed by atoms with Crippen molar-refractivity contribution in [3.8, 4) is 0 Å². The Morgan fingerprint density at radius 3 is 1.08 bits per heavy atom. The first-order valence-corrected chi connectivity index (χ1v) is 29.6. The van der Waals surface area contributed by atoms with Gasteiger partial charge in [-0.25, -0.2) is 0 Å². The summed E-state index contributed by atoms with van der Waals surface area (Å²) in [5, 5.41) is 0. The van der Waals surface area contributed by atoms with Crippen LogP contribution in [0.15, 0.2) is 48.5 Å². The van der Waals surface area contributed by atoms with Gasteiger partial charge in [-0.15, -0.1) is 0 Å². The first-order valence-electron chi connectivity index (χ1n) is 7.05. The molecular formula is C19H28I5V2-2. The van der Waals surface area contributed by atoms with E-state index < -0.39 is 0 Å². The second-order valence-corrected chi connectivity index (χ2v) is 51.9. The Kier molecular flexibility index (Phi) is 37.0. The fourth-order valence-corrected chi connectivity index (χ4v) is 1.46. The molecule has 26 heavy (non-hydrogen) atoms. The van der Waals surface area contributed by atoms with Gasteiger partial charge >= 0.3 is 114 Å². The number of rotatable bonds is 1. The van der Waals surface area contributed by atoms with E-state index >= 15 is 0 Å². The van der Waals surface area contributed by atoms with Crippen LogP contribution in [0.25, 0.3) is 0 Å². The molecule has 2 aromatic carbocycles. The molecule has 0 saturated carbocycles. The van der Waals surface area contributed by atoms with E-state index in [-0.39, 0.29) is 19.8 Å². The van der Waals surface area contributed by atoms with Crippen LogP contribution in [0.3, 0.4) is 0 Å². The zero-order valence-corrected chi connectivity index (χ0v) is 29.7. The van der Waals surface area contributed by atoms with Gasteiger partial charge in [-0.05, 0) is 32.8 Å². The van der Waals surface area contributed by atoms with Gasteiger partial charge in [-0.1, -0.05) is 72.1 Å². The van der Waals surface area contributed by atoms with Gasteiger partial charge in [-0.2, -0.15) is 0 Å². The van der Waals surface area contributed by atoms with Crippen LogP contribution >= 0.6 is 99.9 Å². The summed E-state index contributed by atoms with van der Waals surface area (Å²) < 4.78 is 0. The molecular weight excluding hydrogens is 965 g/mol. The van der Waals surface area contributed by atoms with E-state index in [4.69, 9.17) is 0 Å². The Morgan fingerprint density at radius 2 is 0.885 bits per heavy atom. The van der Waals surface area contributed by atoms with Crippen LogP contribution in [0.5, 0.6) is 0 Å². The summed E-state index contributed by atoms with van der Waals surface area (Å²) in [4.78, 5) is -0.278. The Bertz CT molecular complexity index is 479. The molecule has 0 heterocycles. The monoisotopic (exact) mass is 993 g/mol. The molecule has 0 bridgehead atoms. The summed E-state index contributed by atoms with van der Waals surface area (Å²) >= 11 is 12.1. The minimum absolute atomic E-state index is 0. The molecule has 2 aromatic rings. The van der Waals surface area contributed by atoms with E-state index in [2.05, 4.69) is 176 Å². The molecule has 151 valence electrons. The second kappa shape index (κ2) is 26.3. The first kappa shape index (κ1) is 36.6. The molecule has 0 nitrogen and oxygen atoms in total. The summed E-state index contributed by atoms with van der Waals surface area (Å²) in [5.41, 5.74) is 5.42. The predicted octanol–water partition coefficient (Wildman–Crippen LogP) is 10.2. The third kappa shape index (κ3) is 29.5. The van der Waals surface area contributed by atoms with Gasteiger partial charge < -0.3 is 14.9 Å². The van der Waals surface area contributed by atoms with Crippen molar-refractivity contribution in [1.29, 1.82) is 0 Å². The van der Waals surface area contributed by atoms with Crippen LogP contribution < -0.4 is 0 Å². The molecule has 0 fully saturated rings. The van der Waals surface area contributed by atoms with Crippen molar-refractivity contribution in [2.75, 3.05) is 0 Å². The van der Waals surface area contributed by atoms with Crippen molar-refractivity contribution in [2.24, 2.45) is 0 Å². The van der Waals surface area contributed by atoms with Crippen molar-refractivity contribution in [1.82, 2.24) is 0 Å². The van der Waals surface area contributed by atoms with Gasteiger partial charge in [0.2, 0.25) is 0 Å². The molecule has 0 atom stereocenters. The topological polar surface area (TPSA) is 0 Å². The molecule has 0 aliphatic rings. The van der Waals surface area contributed by atoms with Crippen LogP contribution in [0.2, 0.25) is 0 Å². The van der Waals surface area contributed by atoms with E-state index in [9.17, 15) is 0 Å². The zero-order chi connectivity index (χ0) is 19.0. The van der Waals surface area contributed by atoms with Crippen molar-refractivity contribution in [3.63, 3.8) is 0 Å². The van der Waals surface area contributed by atoms with E-state index in [1.54, 1.807) is 0 Å². The molecule has 0 radical (unpaired) electrons. The maximum atomic E-state index is 2.46. The van der Waals surface area contributed by atoms with Gasteiger partial charge in [0, 0.05) is 0 Å². The summed E-state index contributed by atoms with van der Waals surface area (Å²) in [6.07, 6.45) is 1.14. The van der Waals surface area contributed by atoms with Crippen molar-refractivity contribution in [2.45, 2.75) is 34.1 Å². The van der Waals surface area contributed by atoms with Crippen molar-refractivity contribution in [3.05, 3.63) is 85.6 Å². The first-order chi connectivity index (χ1) is 11.3. The van der Waals surface area contributed by atoms with Crippen LogP contribution in [-0.4, -0.2) is 0 Å². The Hall–Kier alpha value is 3.26. The Balaban J connectivity index is -0.000000132. The number of halogens is 5. The van der Waals surface area contributed by atoms with Crippen molar-refractivity contribution < 1.29 is 14.4 Å². The summed E-state index contributed by atoms with van der Waals surface area (Å²) in [7, 11) is 0.628. The van der Waals surface area contributed by atoms with Crippen LogP contribution in [-0.2, 0) is 20.8 Å². The molecule has 0 saturated heterocycles. The van der Waals surface area contributed by atoms with Crippen LogP contribution in [0.4, 0.5) is 0 Å². The molecule has 0 N–H and O–H groups in total. The molecule has 0 aromatic heterocycles. The van der Waals surface area contributed by atoms with E-state index in [1.165, 1.54) is 22.3 Å². The standard InChI is InChI=1S/C9H12.C8H10.2CH3.5HI.2V/c1-3-9-6-4-8(2)5-7-9;1-7-3-5-8(2)6-4-7;;;;;;;;;/h4-7H,3H2,1-2H3;3-6H,1-2H3;2*1H3;5*1H;;/q;;2*-1;;;;;;+2;+3/p-5. The molecule has 0 amide bonds. The average Bonchev–Trinajstić information content (AvgIpc) is 2.52. The molecule has 0 aliphatic carbocycles. The maximum absolute atomic E-state index is 2.46. The Labute approximate surface area is 229 Å². The number of hydrogen-bond acceptors (Lipinski definition) is 0. The molecule has 0 unspecified atom stereocenters. The minimum atomic E-state index is -0.278. The molecule has 0 aliphatic heterocycles. The summed E-state index contributed by atoms with van der Waals surface area (Å²) in [6.45, 7) is 8.48. The number of aryl methyl sites for hydroxylation is 4. The molecule has 2 rings (SSSR count). The number of benzene rings is 2. The average molecular weight is 993 g/mol. The third-order valence-corrected chi connectivity index (χ3v) is 2.75. The van der Waals surface area contributed by atoms with Crippen LogP contribution in [0.1, 0.15) is 29.2 Å².